The number of carbonyl (C=O) groups is 1. The van der Waals surface area contributed by atoms with Gasteiger partial charge < -0.3 is 15.0 Å². The maximum Gasteiger partial charge on any atom is 0.264 e. The molecule has 21 heavy (non-hydrogen) atoms. The number of rotatable bonds is 4. The monoisotopic (exact) mass is 289 g/mol. The van der Waals surface area contributed by atoms with Crippen LogP contribution in [0.5, 0.6) is 5.75 Å². The number of carbonyl (C=O) groups excluding carboxylic acids is 1. The molecule has 0 spiro atoms. The van der Waals surface area contributed by atoms with Gasteiger partial charge in [-0.15, -0.1) is 0 Å². The standard InChI is InChI=1S/C15H19N3O3/c1-15(2,3)12-8-14(21-18-12)17-13(19)9-20-11-6-4-10(16)5-7-11/h4-8H,9,16H2,1-3H3,(H,17,19). The summed E-state index contributed by atoms with van der Waals surface area (Å²) < 4.78 is 10.4. The van der Waals surface area contributed by atoms with E-state index >= 15 is 0 Å². The van der Waals surface area contributed by atoms with Crippen molar-refractivity contribution in [1.29, 1.82) is 0 Å². The summed E-state index contributed by atoms with van der Waals surface area (Å²) in [7, 11) is 0. The van der Waals surface area contributed by atoms with Crippen molar-refractivity contribution < 1.29 is 14.1 Å². The predicted octanol–water partition coefficient (Wildman–Crippen LogP) is 2.57. The van der Waals surface area contributed by atoms with Crippen molar-refractivity contribution in [3.05, 3.63) is 36.0 Å². The van der Waals surface area contributed by atoms with Crippen LogP contribution in [-0.2, 0) is 10.2 Å². The second-order valence-corrected chi connectivity index (χ2v) is 5.73. The number of amides is 1. The SMILES string of the molecule is CC(C)(C)c1cc(NC(=O)COc2ccc(N)cc2)on1. The summed E-state index contributed by atoms with van der Waals surface area (Å²) >= 11 is 0. The summed E-state index contributed by atoms with van der Waals surface area (Å²) in [4.78, 5) is 11.8. The van der Waals surface area contributed by atoms with Crippen LogP contribution in [0.4, 0.5) is 11.6 Å². The first-order valence-electron chi connectivity index (χ1n) is 6.60. The van der Waals surface area contributed by atoms with Gasteiger partial charge in [-0.1, -0.05) is 25.9 Å². The zero-order valence-corrected chi connectivity index (χ0v) is 12.3. The Morgan fingerprint density at radius 2 is 2.00 bits per heavy atom. The first-order chi connectivity index (χ1) is 9.84. The van der Waals surface area contributed by atoms with E-state index in [1.54, 1.807) is 30.3 Å². The van der Waals surface area contributed by atoms with E-state index in [2.05, 4.69) is 10.5 Å². The van der Waals surface area contributed by atoms with Crippen LogP contribution >= 0.6 is 0 Å². The lowest BCUT2D eigenvalue weighted by Gasteiger charge is -2.12. The Hall–Kier alpha value is -2.50. The molecule has 0 fully saturated rings. The molecule has 2 aromatic rings. The molecule has 6 heteroatoms. The molecular weight excluding hydrogens is 270 g/mol. The van der Waals surface area contributed by atoms with Crippen LogP contribution in [0.3, 0.4) is 0 Å². The molecule has 0 unspecified atom stereocenters. The summed E-state index contributed by atoms with van der Waals surface area (Å²) in [6.45, 7) is 5.93. The first kappa shape index (κ1) is 14.9. The maximum absolute atomic E-state index is 11.8. The fourth-order valence-corrected chi connectivity index (χ4v) is 1.57. The molecule has 112 valence electrons. The molecule has 0 aliphatic heterocycles. The molecular formula is C15H19N3O3. The van der Waals surface area contributed by atoms with Crippen molar-refractivity contribution in [2.45, 2.75) is 26.2 Å². The smallest absolute Gasteiger partial charge is 0.264 e. The van der Waals surface area contributed by atoms with Gasteiger partial charge in [-0.05, 0) is 24.3 Å². The molecule has 0 saturated heterocycles. The molecule has 0 aliphatic carbocycles. The number of aromatic nitrogens is 1. The number of nitrogen functional groups attached to an aromatic ring is 1. The fraction of sp³-hybridized carbons (Fsp3) is 0.333. The Balaban J connectivity index is 1.87. The van der Waals surface area contributed by atoms with Gasteiger partial charge in [0.15, 0.2) is 6.61 Å². The van der Waals surface area contributed by atoms with E-state index in [4.69, 9.17) is 15.0 Å². The van der Waals surface area contributed by atoms with E-state index in [0.717, 1.165) is 5.69 Å². The quantitative estimate of drug-likeness (QED) is 0.844. The summed E-state index contributed by atoms with van der Waals surface area (Å²) in [6.07, 6.45) is 0. The fourth-order valence-electron chi connectivity index (χ4n) is 1.57. The molecule has 1 aromatic carbocycles. The van der Waals surface area contributed by atoms with Gasteiger partial charge in [0.25, 0.3) is 5.91 Å². The second kappa shape index (κ2) is 5.87. The minimum absolute atomic E-state index is 0.116. The molecule has 0 aliphatic rings. The number of nitrogens with zero attached hydrogens (tertiary/aromatic N) is 1. The van der Waals surface area contributed by atoms with Crippen LogP contribution in [-0.4, -0.2) is 17.7 Å². The molecule has 3 N–H and O–H groups in total. The number of nitrogens with one attached hydrogen (secondary N) is 1. The van der Waals surface area contributed by atoms with Crippen LogP contribution in [0, 0.1) is 0 Å². The number of hydrogen-bond donors (Lipinski definition) is 2. The molecule has 2 rings (SSSR count). The lowest BCUT2D eigenvalue weighted by Crippen LogP contribution is -2.19. The summed E-state index contributed by atoms with van der Waals surface area (Å²) in [6, 6.07) is 8.53. The third kappa shape index (κ3) is 4.24. The Kier molecular flexibility index (Phi) is 4.16. The number of anilines is 2. The van der Waals surface area contributed by atoms with Crippen molar-refractivity contribution in [3.63, 3.8) is 0 Å². The molecule has 0 atom stereocenters. The first-order valence-corrected chi connectivity index (χ1v) is 6.60. The lowest BCUT2D eigenvalue weighted by atomic mass is 9.92. The highest BCUT2D eigenvalue weighted by Crippen LogP contribution is 2.23. The normalized spacial score (nSPS) is 11.2. The van der Waals surface area contributed by atoms with Gasteiger partial charge in [-0.2, -0.15) is 0 Å². The second-order valence-electron chi connectivity index (χ2n) is 5.73. The van der Waals surface area contributed by atoms with Gasteiger partial charge >= 0.3 is 0 Å². The maximum atomic E-state index is 11.8. The number of hydrogen-bond acceptors (Lipinski definition) is 5. The Labute approximate surface area is 123 Å². The minimum Gasteiger partial charge on any atom is -0.484 e. The van der Waals surface area contributed by atoms with Crippen LogP contribution in [0.1, 0.15) is 26.5 Å². The summed E-state index contributed by atoms with van der Waals surface area (Å²) in [5, 5.41) is 6.52. The molecule has 0 saturated carbocycles. The third-order valence-corrected chi connectivity index (χ3v) is 2.79. The van der Waals surface area contributed by atoms with Crippen molar-refractivity contribution in [3.8, 4) is 5.75 Å². The highest BCUT2D eigenvalue weighted by molar-refractivity contribution is 5.90. The average Bonchev–Trinajstić information content (AvgIpc) is 2.86. The van der Waals surface area contributed by atoms with E-state index in [0.29, 0.717) is 17.3 Å². The highest BCUT2D eigenvalue weighted by atomic mass is 16.5. The lowest BCUT2D eigenvalue weighted by molar-refractivity contribution is -0.118. The topological polar surface area (TPSA) is 90.4 Å². The van der Waals surface area contributed by atoms with Crippen molar-refractivity contribution >= 4 is 17.5 Å². The van der Waals surface area contributed by atoms with Gasteiger partial charge in [0, 0.05) is 17.2 Å². The van der Waals surface area contributed by atoms with Crippen LogP contribution < -0.4 is 15.8 Å². The van der Waals surface area contributed by atoms with Gasteiger partial charge in [0.1, 0.15) is 5.75 Å². The van der Waals surface area contributed by atoms with Crippen molar-refractivity contribution in [2.24, 2.45) is 0 Å². The van der Waals surface area contributed by atoms with Gasteiger partial charge in [0.2, 0.25) is 5.88 Å². The zero-order chi connectivity index (χ0) is 15.5. The van der Waals surface area contributed by atoms with Gasteiger partial charge in [0.05, 0.1) is 5.69 Å². The Bertz CT molecular complexity index is 612. The summed E-state index contributed by atoms with van der Waals surface area (Å²) in [5.41, 5.74) is 6.85. The summed E-state index contributed by atoms with van der Waals surface area (Å²) in [5.74, 6) is 0.571. The van der Waals surface area contributed by atoms with E-state index in [9.17, 15) is 4.79 Å². The van der Waals surface area contributed by atoms with Crippen LogP contribution in [0.15, 0.2) is 34.9 Å². The van der Waals surface area contributed by atoms with Crippen molar-refractivity contribution in [2.75, 3.05) is 17.7 Å². The molecule has 1 heterocycles. The van der Waals surface area contributed by atoms with Crippen molar-refractivity contribution in [1.82, 2.24) is 5.16 Å². The Morgan fingerprint density at radius 3 is 2.57 bits per heavy atom. The van der Waals surface area contributed by atoms with E-state index in [1.165, 1.54) is 0 Å². The molecule has 1 amide bonds. The number of nitrogens with two attached hydrogens (primary N) is 1. The van der Waals surface area contributed by atoms with E-state index in [-0.39, 0.29) is 17.9 Å². The predicted molar refractivity (Wildman–Crippen MR) is 80.2 cm³/mol. The molecule has 1 aromatic heterocycles. The molecule has 0 bridgehead atoms. The average molecular weight is 289 g/mol. The van der Waals surface area contributed by atoms with Gasteiger partial charge in [-0.3, -0.25) is 10.1 Å². The largest absolute Gasteiger partial charge is 0.484 e. The Morgan fingerprint density at radius 1 is 1.33 bits per heavy atom. The molecule has 6 nitrogen and oxygen atoms in total. The minimum atomic E-state index is -0.316. The molecule has 0 radical (unpaired) electrons. The van der Waals surface area contributed by atoms with Crippen LogP contribution in [0.25, 0.3) is 0 Å². The number of ether oxygens (including phenoxy) is 1. The van der Waals surface area contributed by atoms with E-state index in [1.807, 2.05) is 20.8 Å². The number of benzene rings is 1. The van der Waals surface area contributed by atoms with E-state index < -0.39 is 0 Å². The van der Waals surface area contributed by atoms with Gasteiger partial charge in [-0.25, -0.2) is 0 Å². The zero-order valence-electron chi connectivity index (χ0n) is 12.3. The highest BCUT2D eigenvalue weighted by Gasteiger charge is 2.19. The van der Waals surface area contributed by atoms with Crippen LogP contribution in [0.2, 0.25) is 0 Å². The third-order valence-electron chi connectivity index (χ3n) is 2.79.